The van der Waals surface area contributed by atoms with Crippen molar-refractivity contribution in [2.45, 2.75) is 212 Å². The minimum absolute atomic E-state index is 0.0359. The van der Waals surface area contributed by atoms with Crippen molar-refractivity contribution in [1.29, 1.82) is 0 Å². The Morgan fingerprint density at radius 3 is 1.48 bits per heavy atom. The second-order valence-corrected chi connectivity index (χ2v) is 21.3. The zero-order valence-corrected chi connectivity index (χ0v) is 46.3. The number of carbonyl (C=O) groups is 11. The number of hydrogen-bond donors (Lipinski definition) is 13. The molecule has 0 aromatic carbocycles. The van der Waals surface area contributed by atoms with Gasteiger partial charge in [0, 0.05) is 13.1 Å². The van der Waals surface area contributed by atoms with Crippen LogP contribution in [0.5, 0.6) is 0 Å². The van der Waals surface area contributed by atoms with E-state index in [-0.39, 0.29) is 57.0 Å². The normalized spacial score (nSPS) is 19.3. The first kappa shape index (κ1) is 67.1. The molecule has 0 spiro atoms. The molecular formula is C51H90N12O14. The van der Waals surface area contributed by atoms with Gasteiger partial charge in [0.1, 0.15) is 54.4 Å². The summed E-state index contributed by atoms with van der Waals surface area (Å²) in [6.45, 7) is 14.1. The Bertz CT molecular complexity index is 2030. The number of amides is 9. The van der Waals surface area contributed by atoms with Gasteiger partial charge in [-0.05, 0) is 115 Å². The Labute approximate surface area is 452 Å². The molecule has 9 amide bonds. The number of unbranched alkanes of at least 4 members (excludes halogenated alkanes) is 2. The van der Waals surface area contributed by atoms with Gasteiger partial charge in [0.05, 0.1) is 18.6 Å². The van der Waals surface area contributed by atoms with Crippen LogP contribution in [0, 0.1) is 17.8 Å². The van der Waals surface area contributed by atoms with E-state index in [1.54, 1.807) is 27.7 Å². The quantitative estimate of drug-likeness (QED) is 0.0311. The van der Waals surface area contributed by atoms with Gasteiger partial charge < -0.3 is 79.5 Å². The number of hydrogen-bond acceptors (Lipinski definition) is 15. The third-order valence-electron chi connectivity index (χ3n) is 13.8. The summed E-state index contributed by atoms with van der Waals surface area (Å²) in [5, 5.41) is 48.1. The molecule has 0 aliphatic carbocycles. The zero-order chi connectivity index (χ0) is 58.3. The van der Waals surface area contributed by atoms with Crippen molar-refractivity contribution in [1.82, 2.24) is 47.0 Å². The molecule has 2 fully saturated rings. The fourth-order valence-corrected chi connectivity index (χ4v) is 9.21. The Hall–Kier alpha value is -5.99. The number of nitrogens with zero attached hydrogens (tertiary/aromatic N) is 2. The molecule has 0 bridgehead atoms. The lowest BCUT2D eigenvalue weighted by molar-refractivity contribution is -0.145. The summed E-state index contributed by atoms with van der Waals surface area (Å²) in [7, 11) is 0. The van der Waals surface area contributed by atoms with Gasteiger partial charge in [-0.25, -0.2) is 4.79 Å². The molecule has 0 aromatic heterocycles. The van der Waals surface area contributed by atoms with Crippen LogP contribution in [0.1, 0.15) is 145 Å². The van der Waals surface area contributed by atoms with Crippen LogP contribution >= 0.6 is 0 Å². The fraction of sp³-hybridized carbons (Fsp3) is 0.784. The van der Waals surface area contributed by atoms with Crippen molar-refractivity contribution in [2.24, 2.45) is 35.0 Å². The number of aliphatic hydroxyl groups is 1. The first-order valence-electron chi connectivity index (χ1n) is 27.2. The number of carboxylic acid groups (broad SMARTS) is 2. The molecule has 2 saturated heterocycles. The van der Waals surface area contributed by atoms with Gasteiger partial charge in [0.15, 0.2) is 0 Å². The lowest BCUT2D eigenvalue weighted by atomic mass is 9.96. The van der Waals surface area contributed by atoms with Crippen LogP contribution in [0.15, 0.2) is 0 Å². The molecule has 2 aliphatic heterocycles. The van der Waals surface area contributed by atoms with Gasteiger partial charge in [-0.15, -0.1) is 0 Å². The van der Waals surface area contributed by atoms with E-state index in [0.29, 0.717) is 64.5 Å². The second-order valence-electron chi connectivity index (χ2n) is 21.3. The molecule has 16 N–H and O–H groups in total. The molecule has 12 atom stereocenters. The van der Waals surface area contributed by atoms with Crippen LogP contribution in [-0.4, -0.2) is 183 Å². The van der Waals surface area contributed by atoms with E-state index in [4.69, 9.17) is 17.2 Å². The molecule has 2 heterocycles. The minimum Gasteiger partial charge on any atom is -0.481 e. The SMILES string of the molecule is CC[C@H](C)[C@H](NC(=O)[C@H](CCCCN)NC(=O)[C@@H](N)CCCCN)C(=O)N1CCC[C@H]1C(=O)N[C@@H](CC(=O)O)C(=O)N[C@@H](C)C(=O)N[C@H](C(=O)N1CCC[C@H]1C(=O)N[C@@H](CC(C)C)C(=O)N[C@@H](CC(C)C)C(=O)O)[C@@H](C)O. The third-order valence-corrected chi connectivity index (χ3v) is 13.8. The first-order valence-corrected chi connectivity index (χ1v) is 27.2. The van der Waals surface area contributed by atoms with Crippen LogP contribution < -0.4 is 54.4 Å². The van der Waals surface area contributed by atoms with Gasteiger partial charge in [-0.3, -0.25) is 47.9 Å². The van der Waals surface area contributed by atoms with Gasteiger partial charge >= 0.3 is 11.9 Å². The number of rotatable bonds is 34. The van der Waals surface area contributed by atoms with Crippen LogP contribution in [0.4, 0.5) is 0 Å². The minimum atomic E-state index is -1.78. The number of likely N-dealkylation sites (tertiary alicyclic amines) is 2. The van der Waals surface area contributed by atoms with Crippen molar-refractivity contribution in [3.63, 3.8) is 0 Å². The number of aliphatic hydroxyl groups excluding tert-OH is 1. The van der Waals surface area contributed by atoms with Gasteiger partial charge in [0.25, 0.3) is 0 Å². The topological polar surface area (TPSA) is 417 Å². The summed E-state index contributed by atoms with van der Waals surface area (Å²) in [6, 6.07) is -12.7. The number of aliphatic carboxylic acids is 2. The summed E-state index contributed by atoms with van der Waals surface area (Å²) in [4.78, 5) is 150. The van der Waals surface area contributed by atoms with Crippen molar-refractivity contribution in [3.8, 4) is 0 Å². The third kappa shape index (κ3) is 21.8. The maximum atomic E-state index is 14.4. The summed E-state index contributed by atoms with van der Waals surface area (Å²) in [6.07, 6.45) is 2.05. The Balaban J connectivity index is 2.24. The first-order chi connectivity index (χ1) is 36.2. The van der Waals surface area contributed by atoms with E-state index in [1.165, 1.54) is 18.7 Å². The zero-order valence-electron chi connectivity index (χ0n) is 46.3. The van der Waals surface area contributed by atoms with Crippen LogP contribution in [0.2, 0.25) is 0 Å². The molecule has 2 rings (SSSR count). The average molecular weight is 1100 g/mol. The highest BCUT2D eigenvalue weighted by atomic mass is 16.4. The molecule has 0 saturated carbocycles. The average Bonchev–Trinajstić information content (AvgIpc) is 4.07. The molecule has 0 radical (unpaired) electrons. The van der Waals surface area contributed by atoms with Crippen LogP contribution in [0.3, 0.4) is 0 Å². The molecule has 2 aliphatic rings. The molecule has 26 heteroatoms. The summed E-state index contributed by atoms with van der Waals surface area (Å²) in [5.41, 5.74) is 17.4. The molecule has 0 aromatic rings. The smallest absolute Gasteiger partial charge is 0.326 e. The van der Waals surface area contributed by atoms with E-state index >= 15 is 0 Å². The fourth-order valence-electron chi connectivity index (χ4n) is 9.21. The number of carbonyl (C=O) groups excluding carboxylic acids is 9. The Morgan fingerprint density at radius 1 is 0.545 bits per heavy atom. The van der Waals surface area contributed by atoms with E-state index in [0.717, 1.165) is 4.90 Å². The maximum Gasteiger partial charge on any atom is 0.326 e. The van der Waals surface area contributed by atoms with Crippen LogP contribution in [-0.2, 0) is 52.7 Å². The number of nitrogens with two attached hydrogens (primary N) is 3. The monoisotopic (exact) mass is 1090 g/mol. The lowest BCUT2D eigenvalue weighted by Crippen LogP contribution is -2.61. The molecular weight excluding hydrogens is 1000 g/mol. The summed E-state index contributed by atoms with van der Waals surface area (Å²) < 4.78 is 0. The molecule has 77 heavy (non-hydrogen) atoms. The molecule has 0 unspecified atom stereocenters. The Kier molecular flexibility index (Phi) is 29.1. The summed E-state index contributed by atoms with van der Waals surface area (Å²) in [5.74, 6) is -10.4. The van der Waals surface area contributed by atoms with Crippen LogP contribution in [0.25, 0.3) is 0 Å². The summed E-state index contributed by atoms with van der Waals surface area (Å²) >= 11 is 0. The van der Waals surface area contributed by atoms with Gasteiger partial charge in [-0.1, -0.05) is 54.4 Å². The van der Waals surface area contributed by atoms with E-state index < -0.39 is 144 Å². The van der Waals surface area contributed by atoms with Crippen molar-refractivity contribution < 1.29 is 68.1 Å². The highest BCUT2D eigenvalue weighted by Crippen LogP contribution is 2.23. The molecule has 26 nitrogen and oxygen atoms in total. The van der Waals surface area contributed by atoms with Crippen molar-refractivity contribution in [3.05, 3.63) is 0 Å². The van der Waals surface area contributed by atoms with Gasteiger partial charge in [-0.2, -0.15) is 0 Å². The second kappa shape index (κ2) is 33.3. The maximum absolute atomic E-state index is 14.4. The highest BCUT2D eigenvalue weighted by Gasteiger charge is 2.43. The van der Waals surface area contributed by atoms with E-state index in [2.05, 4.69) is 37.2 Å². The predicted molar refractivity (Wildman–Crippen MR) is 282 cm³/mol. The van der Waals surface area contributed by atoms with Crippen molar-refractivity contribution in [2.75, 3.05) is 26.2 Å². The van der Waals surface area contributed by atoms with Crippen molar-refractivity contribution >= 4 is 65.1 Å². The number of carboxylic acids is 2. The number of nitrogens with one attached hydrogen (secondary N) is 7. The highest BCUT2D eigenvalue weighted by molar-refractivity contribution is 5.99. The van der Waals surface area contributed by atoms with E-state index in [9.17, 15) is 68.1 Å². The largest absolute Gasteiger partial charge is 0.481 e. The Morgan fingerprint density at radius 2 is 1.00 bits per heavy atom. The predicted octanol–water partition coefficient (Wildman–Crippen LogP) is -1.95. The molecule has 438 valence electrons. The lowest BCUT2D eigenvalue weighted by Gasteiger charge is -2.33. The van der Waals surface area contributed by atoms with Gasteiger partial charge in [0.2, 0.25) is 53.2 Å². The van der Waals surface area contributed by atoms with E-state index in [1.807, 2.05) is 13.8 Å². The standard InChI is InChI=1S/C51H90N12O14/c1-9-29(6)40(60-44(69)33(17-11-13-21-53)56-43(68)32(54)16-10-12-20-52)49(74)62-22-14-18-37(62)48(73)58-35(26-39(65)66)45(70)55-30(7)42(67)61-41(31(8)64)50(75)63-23-15-19-38(63)47(72)57-34(24-27(2)3)46(71)59-36(51(76)77)25-28(4)5/h27-38,40-41,64H,9-26,52-54H2,1-8H3,(H,55,70)(H,56,68)(H,57,72)(H,58,73)(H,59,71)(H,60,69)(H,61,67)(H,65,66)(H,76,77)/t29-,30-,31+,32-,33-,34-,35-,36-,37-,38-,40-,41-/m0/s1.